The standard InChI is InChI=1S/C11H15N3O2/c1-14(2)9-6-4-8(5-7-9)10(13-12)11(15)16-3/h4-7H,12H2,1-3H3/b13-10+. The molecule has 5 heteroatoms. The molecule has 0 bridgehead atoms. The maximum absolute atomic E-state index is 11.3. The van der Waals surface area contributed by atoms with Gasteiger partial charge in [0.05, 0.1) is 7.11 Å². The molecule has 0 unspecified atom stereocenters. The van der Waals surface area contributed by atoms with Crippen LogP contribution < -0.4 is 10.7 Å². The Labute approximate surface area is 94.5 Å². The van der Waals surface area contributed by atoms with Gasteiger partial charge in [-0.2, -0.15) is 5.10 Å². The topological polar surface area (TPSA) is 67.9 Å². The number of hydrogen-bond donors (Lipinski definition) is 1. The molecule has 0 aromatic heterocycles. The summed E-state index contributed by atoms with van der Waals surface area (Å²) >= 11 is 0. The molecule has 0 amide bonds. The van der Waals surface area contributed by atoms with Crippen molar-refractivity contribution in [3.63, 3.8) is 0 Å². The van der Waals surface area contributed by atoms with Crippen molar-refractivity contribution in [2.24, 2.45) is 10.9 Å². The summed E-state index contributed by atoms with van der Waals surface area (Å²) in [4.78, 5) is 13.3. The fourth-order valence-electron chi connectivity index (χ4n) is 1.26. The summed E-state index contributed by atoms with van der Waals surface area (Å²) in [5.41, 5.74) is 1.79. The molecule has 0 fully saturated rings. The van der Waals surface area contributed by atoms with Crippen LogP contribution in [0.3, 0.4) is 0 Å². The van der Waals surface area contributed by atoms with Crippen LogP contribution in [0, 0.1) is 0 Å². The molecule has 1 aromatic carbocycles. The van der Waals surface area contributed by atoms with Gasteiger partial charge in [0.15, 0.2) is 5.71 Å². The third kappa shape index (κ3) is 2.50. The van der Waals surface area contributed by atoms with Crippen molar-refractivity contribution in [1.29, 1.82) is 0 Å². The lowest BCUT2D eigenvalue weighted by Crippen LogP contribution is -2.19. The monoisotopic (exact) mass is 221 g/mol. The van der Waals surface area contributed by atoms with Gasteiger partial charge in [0.2, 0.25) is 0 Å². The number of carbonyl (C=O) groups excluding carboxylic acids is 1. The first kappa shape index (κ1) is 12.0. The lowest BCUT2D eigenvalue weighted by atomic mass is 10.1. The lowest BCUT2D eigenvalue weighted by Gasteiger charge is -2.12. The number of hydrazone groups is 1. The predicted octanol–water partition coefficient (Wildman–Crippen LogP) is 0.588. The van der Waals surface area contributed by atoms with Crippen LogP contribution in [0.1, 0.15) is 5.56 Å². The minimum Gasteiger partial charge on any atom is -0.464 e. The molecule has 0 saturated carbocycles. The second-order valence-corrected chi connectivity index (χ2v) is 3.41. The normalized spacial score (nSPS) is 11.1. The van der Waals surface area contributed by atoms with E-state index in [9.17, 15) is 4.79 Å². The molecule has 1 rings (SSSR count). The van der Waals surface area contributed by atoms with Gasteiger partial charge in [0, 0.05) is 25.3 Å². The Morgan fingerprint density at radius 1 is 1.31 bits per heavy atom. The van der Waals surface area contributed by atoms with Gasteiger partial charge in [0.1, 0.15) is 0 Å². The molecule has 0 atom stereocenters. The van der Waals surface area contributed by atoms with Gasteiger partial charge in [-0.05, 0) is 12.1 Å². The second kappa shape index (κ2) is 5.16. The zero-order valence-electron chi connectivity index (χ0n) is 9.60. The quantitative estimate of drug-likeness (QED) is 0.351. The highest BCUT2D eigenvalue weighted by Gasteiger charge is 2.13. The minimum atomic E-state index is -0.542. The smallest absolute Gasteiger partial charge is 0.359 e. The summed E-state index contributed by atoms with van der Waals surface area (Å²) in [5.74, 6) is 4.61. The number of nitrogens with two attached hydrogens (primary N) is 1. The zero-order valence-corrected chi connectivity index (χ0v) is 9.60. The molecular weight excluding hydrogens is 206 g/mol. The minimum absolute atomic E-state index is 0.118. The average molecular weight is 221 g/mol. The van der Waals surface area contributed by atoms with Crippen molar-refractivity contribution in [2.45, 2.75) is 0 Å². The van der Waals surface area contributed by atoms with Crippen molar-refractivity contribution in [3.8, 4) is 0 Å². The van der Waals surface area contributed by atoms with Gasteiger partial charge in [0.25, 0.3) is 0 Å². The number of esters is 1. The number of anilines is 1. The van der Waals surface area contributed by atoms with Gasteiger partial charge in [-0.25, -0.2) is 4.79 Å². The van der Waals surface area contributed by atoms with Crippen molar-refractivity contribution < 1.29 is 9.53 Å². The van der Waals surface area contributed by atoms with E-state index in [0.29, 0.717) is 5.56 Å². The van der Waals surface area contributed by atoms with Crippen LogP contribution >= 0.6 is 0 Å². The maximum Gasteiger partial charge on any atom is 0.359 e. The molecule has 0 aliphatic rings. The van der Waals surface area contributed by atoms with Crippen LogP contribution in [0.2, 0.25) is 0 Å². The van der Waals surface area contributed by atoms with E-state index in [1.54, 1.807) is 12.1 Å². The third-order valence-corrected chi connectivity index (χ3v) is 2.16. The molecule has 0 spiro atoms. The molecule has 0 aliphatic heterocycles. The summed E-state index contributed by atoms with van der Waals surface area (Å²) in [5, 5.41) is 3.43. The van der Waals surface area contributed by atoms with Crippen molar-refractivity contribution in [3.05, 3.63) is 29.8 Å². The number of carbonyl (C=O) groups is 1. The summed E-state index contributed by atoms with van der Waals surface area (Å²) in [6.45, 7) is 0. The van der Waals surface area contributed by atoms with E-state index in [0.717, 1.165) is 5.69 Å². The summed E-state index contributed by atoms with van der Waals surface area (Å²) in [6, 6.07) is 7.31. The molecule has 86 valence electrons. The fraction of sp³-hybridized carbons (Fsp3) is 0.273. The van der Waals surface area contributed by atoms with E-state index >= 15 is 0 Å². The van der Waals surface area contributed by atoms with E-state index in [2.05, 4.69) is 9.84 Å². The number of methoxy groups -OCH3 is 1. The van der Waals surface area contributed by atoms with Gasteiger partial charge in [-0.15, -0.1) is 0 Å². The molecule has 1 aromatic rings. The van der Waals surface area contributed by atoms with Gasteiger partial charge >= 0.3 is 5.97 Å². The first-order valence-electron chi connectivity index (χ1n) is 4.74. The van der Waals surface area contributed by atoms with Crippen molar-refractivity contribution in [1.82, 2.24) is 0 Å². The van der Waals surface area contributed by atoms with Crippen LogP contribution in [-0.4, -0.2) is 32.9 Å². The van der Waals surface area contributed by atoms with Crippen LogP contribution in [-0.2, 0) is 9.53 Å². The van der Waals surface area contributed by atoms with E-state index in [-0.39, 0.29) is 5.71 Å². The highest BCUT2D eigenvalue weighted by atomic mass is 16.5. The predicted molar refractivity (Wildman–Crippen MR) is 63.5 cm³/mol. The van der Waals surface area contributed by atoms with Gasteiger partial charge in [-0.1, -0.05) is 12.1 Å². The first-order valence-corrected chi connectivity index (χ1v) is 4.74. The first-order chi connectivity index (χ1) is 7.60. The molecule has 0 aliphatic carbocycles. The summed E-state index contributed by atoms with van der Waals surface area (Å²) < 4.78 is 4.58. The molecule has 16 heavy (non-hydrogen) atoms. The number of nitrogens with zero attached hydrogens (tertiary/aromatic N) is 2. The Kier molecular flexibility index (Phi) is 3.88. The van der Waals surface area contributed by atoms with Crippen LogP contribution in [0.4, 0.5) is 5.69 Å². The molecule has 0 heterocycles. The SMILES string of the molecule is COC(=O)/C(=N/N)c1ccc(N(C)C)cc1. The van der Waals surface area contributed by atoms with E-state index in [1.165, 1.54) is 7.11 Å². The van der Waals surface area contributed by atoms with Crippen LogP contribution in [0.5, 0.6) is 0 Å². The summed E-state index contributed by atoms with van der Waals surface area (Å²) in [6.07, 6.45) is 0. The molecule has 5 nitrogen and oxygen atoms in total. The highest BCUT2D eigenvalue weighted by molar-refractivity contribution is 6.43. The largest absolute Gasteiger partial charge is 0.464 e. The summed E-state index contributed by atoms with van der Waals surface area (Å²) in [7, 11) is 5.17. The van der Waals surface area contributed by atoms with Gasteiger partial charge < -0.3 is 15.5 Å². The van der Waals surface area contributed by atoms with Crippen molar-refractivity contribution in [2.75, 3.05) is 26.1 Å². The Balaban J connectivity index is 3.01. The maximum atomic E-state index is 11.3. The third-order valence-electron chi connectivity index (χ3n) is 2.16. The number of benzene rings is 1. The van der Waals surface area contributed by atoms with E-state index in [1.807, 2.05) is 31.1 Å². The Bertz CT molecular complexity index is 396. The Morgan fingerprint density at radius 3 is 2.25 bits per heavy atom. The Hall–Kier alpha value is -2.04. The number of rotatable bonds is 3. The molecule has 2 N–H and O–H groups in total. The second-order valence-electron chi connectivity index (χ2n) is 3.41. The van der Waals surface area contributed by atoms with Gasteiger partial charge in [-0.3, -0.25) is 0 Å². The van der Waals surface area contributed by atoms with Crippen molar-refractivity contribution >= 4 is 17.4 Å². The molecular formula is C11H15N3O2. The highest BCUT2D eigenvalue weighted by Crippen LogP contribution is 2.13. The number of hydrogen-bond acceptors (Lipinski definition) is 5. The van der Waals surface area contributed by atoms with E-state index < -0.39 is 5.97 Å². The zero-order chi connectivity index (χ0) is 12.1. The average Bonchev–Trinajstić information content (AvgIpc) is 2.30. The Morgan fingerprint density at radius 2 is 1.88 bits per heavy atom. The molecule has 0 saturated heterocycles. The van der Waals surface area contributed by atoms with Crippen LogP contribution in [0.15, 0.2) is 29.4 Å². The van der Waals surface area contributed by atoms with E-state index in [4.69, 9.17) is 5.84 Å². The fourth-order valence-corrected chi connectivity index (χ4v) is 1.26. The lowest BCUT2D eigenvalue weighted by molar-refractivity contribution is -0.132. The number of ether oxygens (including phenoxy) is 1. The molecule has 0 radical (unpaired) electrons. The van der Waals surface area contributed by atoms with Crippen LogP contribution in [0.25, 0.3) is 0 Å².